The summed E-state index contributed by atoms with van der Waals surface area (Å²) in [4.78, 5) is 0. The summed E-state index contributed by atoms with van der Waals surface area (Å²) >= 11 is 0. The average Bonchev–Trinajstić information content (AvgIpc) is 2.41. The third-order valence-corrected chi connectivity index (χ3v) is 3.70. The molecule has 0 radical (unpaired) electrons. The van der Waals surface area contributed by atoms with E-state index >= 15 is 0 Å². The number of hydrogen-bond donors (Lipinski definition) is 1. The maximum atomic E-state index is 5.40. The van der Waals surface area contributed by atoms with Crippen LogP contribution in [0, 0.1) is 5.92 Å². The van der Waals surface area contributed by atoms with Crippen molar-refractivity contribution in [2.24, 2.45) is 5.92 Å². The van der Waals surface area contributed by atoms with Gasteiger partial charge in [0.1, 0.15) is 0 Å². The number of rotatable bonds is 5. The van der Waals surface area contributed by atoms with Crippen LogP contribution in [0.3, 0.4) is 0 Å². The monoisotopic (exact) mass is 233 g/mol. The van der Waals surface area contributed by atoms with Crippen LogP contribution in [0.15, 0.2) is 30.3 Å². The molecule has 0 aliphatic carbocycles. The third kappa shape index (κ3) is 4.14. The Bertz CT molecular complexity index is 306. The van der Waals surface area contributed by atoms with Gasteiger partial charge in [-0.25, -0.2) is 0 Å². The Balaban J connectivity index is 1.67. The number of benzene rings is 1. The van der Waals surface area contributed by atoms with Gasteiger partial charge in [-0.05, 0) is 44.2 Å². The van der Waals surface area contributed by atoms with E-state index in [2.05, 4.69) is 42.6 Å². The lowest BCUT2D eigenvalue weighted by Crippen LogP contribution is -2.37. The summed E-state index contributed by atoms with van der Waals surface area (Å²) in [5.74, 6) is 0.791. The fourth-order valence-electron chi connectivity index (χ4n) is 2.47. The molecule has 1 aromatic carbocycles. The second kappa shape index (κ2) is 6.77. The lowest BCUT2D eigenvalue weighted by molar-refractivity contribution is 0.0561. The van der Waals surface area contributed by atoms with E-state index in [0.29, 0.717) is 6.04 Å². The zero-order valence-corrected chi connectivity index (χ0v) is 10.7. The van der Waals surface area contributed by atoms with Crippen LogP contribution in [0.2, 0.25) is 0 Å². The normalized spacial score (nSPS) is 19.1. The maximum Gasteiger partial charge on any atom is 0.0469 e. The minimum Gasteiger partial charge on any atom is -0.381 e. The van der Waals surface area contributed by atoms with Gasteiger partial charge in [-0.1, -0.05) is 30.3 Å². The molecule has 0 spiro atoms. The van der Waals surface area contributed by atoms with Gasteiger partial charge in [0.05, 0.1) is 0 Å². The fourth-order valence-corrected chi connectivity index (χ4v) is 2.47. The highest BCUT2D eigenvalue weighted by Crippen LogP contribution is 2.18. The molecule has 1 saturated heterocycles. The molecule has 2 heteroatoms. The second-order valence-corrected chi connectivity index (χ2v) is 4.93. The van der Waals surface area contributed by atoms with E-state index in [1.807, 2.05) is 0 Å². The molecule has 1 fully saturated rings. The van der Waals surface area contributed by atoms with Crippen LogP contribution in [0.25, 0.3) is 0 Å². The Morgan fingerprint density at radius 3 is 2.65 bits per heavy atom. The molecule has 0 aromatic heterocycles. The van der Waals surface area contributed by atoms with Crippen molar-refractivity contribution < 1.29 is 4.74 Å². The SMILES string of the molecule is CC(NCCc1ccccc1)C1CCOCC1. The molecule has 1 unspecified atom stereocenters. The predicted octanol–water partition coefficient (Wildman–Crippen LogP) is 2.63. The standard InChI is InChI=1S/C15H23NO/c1-13(15-8-11-17-12-9-15)16-10-7-14-5-3-2-4-6-14/h2-6,13,15-16H,7-12H2,1H3. The molecule has 2 nitrogen and oxygen atoms in total. The van der Waals surface area contributed by atoms with E-state index in [9.17, 15) is 0 Å². The quantitative estimate of drug-likeness (QED) is 0.844. The lowest BCUT2D eigenvalue weighted by Gasteiger charge is -2.28. The van der Waals surface area contributed by atoms with Gasteiger partial charge in [0.15, 0.2) is 0 Å². The Morgan fingerprint density at radius 2 is 1.94 bits per heavy atom. The Morgan fingerprint density at radius 1 is 1.24 bits per heavy atom. The van der Waals surface area contributed by atoms with E-state index in [4.69, 9.17) is 4.74 Å². The summed E-state index contributed by atoms with van der Waals surface area (Å²) in [6.45, 7) is 5.26. The van der Waals surface area contributed by atoms with Crippen molar-refractivity contribution in [3.05, 3.63) is 35.9 Å². The van der Waals surface area contributed by atoms with Crippen molar-refractivity contribution in [1.29, 1.82) is 0 Å². The van der Waals surface area contributed by atoms with Crippen LogP contribution in [0.5, 0.6) is 0 Å². The predicted molar refractivity (Wildman–Crippen MR) is 71.2 cm³/mol. The molecule has 1 aliphatic heterocycles. The molecule has 2 rings (SSSR count). The molecule has 1 atom stereocenters. The first-order chi connectivity index (χ1) is 8.36. The minimum absolute atomic E-state index is 0.614. The van der Waals surface area contributed by atoms with Gasteiger partial charge < -0.3 is 10.1 Å². The van der Waals surface area contributed by atoms with Crippen molar-refractivity contribution in [2.45, 2.75) is 32.2 Å². The van der Waals surface area contributed by atoms with Gasteiger partial charge in [-0.15, -0.1) is 0 Å². The van der Waals surface area contributed by atoms with Crippen molar-refractivity contribution in [2.75, 3.05) is 19.8 Å². The molecule has 1 aliphatic rings. The van der Waals surface area contributed by atoms with Gasteiger partial charge in [0, 0.05) is 19.3 Å². The van der Waals surface area contributed by atoms with Crippen molar-refractivity contribution in [3.63, 3.8) is 0 Å². The zero-order chi connectivity index (χ0) is 11.9. The van der Waals surface area contributed by atoms with Crippen LogP contribution in [-0.2, 0) is 11.2 Å². The summed E-state index contributed by atoms with van der Waals surface area (Å²) < 4.78 is 5.40. The van der Waals surface area contributed by atoms with Crippen molar-refractivity contribution in [1.82, 2.24) is 5.32 Å². The molecule has 0 saturated carbocycles. The Kier molecular flexibility index (Phi) is 5.02. The first-order valence-corrected chi connectivity index (χ1v) is 6.71. The molecule has 94 valence electrons. The van der Waals surface area contributed by atoms with E-state index < -0.39 is 0 Å². The zero-order valence-electron chi connectivity index (χ0n) is 10.7. The summed E-state index contributed by atoms with van der Waals surface area (Å²) in [5.41, 5.74) is 1.42. The highest BCUT2D eigenvalue weighted by atomic mass is 16.5. The summed E-state index contributed by atoms with van der Waals surface area (Å²) in [6, 6.07) is 11.3. The third-order valence-electron chi connectivity index (χ3n) is 3.70. The highest BCUT2D eigenvalue weighted by Gasteiger charge is 2.19. The number of hydrogen-bond acceptors (Lipinski definition) is 2. The second-order valence-electron chi connectivity index (χ2n) is 4.93. The molecular formula is C15H23NO. The van der Waals surface area contributed by atoms with Crippen LogP contribution < -0.4 is 5.32 Å². The van der Waals surface area contributed by atoms with Crippen molar-refractivity contribution >= 4 is 0 Å². The molecule has 17 heavy (non-hydrogen) atoms. The number of ether oxygens (including phenoxy) is 1. The van der Waals surface area contributed by atoms with Crippen LogP contribution >= 0.6 is 0 Å². The minimum atomic E-state index is 0.614. The van der Waals surface area contributed by atoms with Gasteiger partial charge in [-0.2, -0.15) is 0 Å². The van der Waals surface area contributed by atoms with Gasteiger partial charge in [0.25, 0.3) is 0 Å². The van der Waals surface area contributed by atoms with E-state index in [1.54, 1.807) is 0 Å². The summed E-state index contributed by atoms with van der Waals surface area (Å²) in [6.07, 6.45) is 3.54. The van der Waals surface area contributed by atoms with Gasteiger partial charge in [0.2, 0.25) is 0 Å². The average molecular weight is 233 g/mol. The van der Waals surface area contributed by atoms with E-state index in [0.717, 1.165) is 32.1 Å². The molecule has 0 amide bonds. The smallest absolute Gasteiger partial charge is 0.0469 e. The maximum absolute atomic E-state index is 5.40. The summed E-state index contributed by atoms with van der Waals surface area (Å²) in [7, 11) is 0. The highest BCUT2D eigenvalue weighted by molar-refractivity contribution is 5.14. The lowest BCUT2D eigenvalue weighted by atomic mass is 9.93. The number of nitrogens with one attached hydrogen (secondary N) is 1. The van der Waals surface area contributed by atoms with Gasteiger partial charge >= 0.3 is 0 Å². The Labute approximate surface area is 104 Å². The Hall–Kier alpha value is -0.860. The van der Waals surface area contributed by atoms with Crippen LogP contribution in [0.4, 0.5) is 0 Å². The molecule has 0 bridgehead atoms. The fraction of sp³-hybridized carbons (Fsp3) is 0.600. The topological polar surface area (TPSA) is 21.3 Å². The molecule has 1 aromatic rings. The van der Waals surface area contributed by atoms with E-state index in [1.165, 1.54) is 18.4 Å². The first kappa shape index (κ1) is 12.6. The van der Waals surface area contributed by atoms with Gasteiger partial charge in [-0.3, -0.25) is 0 Å². The summed E-state index contributed by atoms with van der Waals surface area (Å²) in [5, 5.41) is 3.65. The van der Waals surface area contributed by atoms with E-state index in [-0.39, 0.29) is 0 Å². The first-order valence-electron chi connectivity index (χ1n) is 6.71. The molecular weight excluding hydrogens is 210 g/mol. The van der Waals surface area contributed by atoms with Crippen LogP contribution in [-0.4, -0.2) is 25.8 Å². The van der Waals surface area contributed by atoms with Crippen molar-refractivity contribution in [3.8, 4) is 0 Å². The molecule has 1 heterocycles. The largest absolute Gasteiger partial charge is 0.381 e. The molecule has 1 N–H and O–H groups in total. The van der Waals surface area contributed by atoms with Crippen LogP contribution in [0.1, 0.15) is 25.3 Å².